The van der Waals surface area contributed by atoms with Crippen molar-refractivity contribution < 1.29 is 14.3 Å². The standard InChI is InChI=1S/C20H19BrClN3O3/c21-15-5-8-18(17(22)12-15)28-11-1-2-20(27)25-16-6-3-14(4-7-16)13-24-19(26)9-10-23/h3-8,12H,1-2,9,11,13H2,(H,24,26)(H,25,27). The molecule has 0 saturated heterocycles. The number of nitriles is 1. The molecule has 0 bridgehead atoms. The molecule has 8 heteroatoms. The molecule has 2 N–H and O–H groups in total. The average Bonchev–Trinajstić information content (AvgIpc) is 2.66. The third kappa shape index (κ3) is 7.59. The molecule has 146 valence electrons. The van der Waals surface area contributed by atoms with E-state index in [2.05, 4.69) is 26.6 Å². The van der Waals surface area contributed by atoms with E-state index in [4.69, 9.17) is 21.6 Å². The highest BCUT2D eigenvalue weighted by atomic mass is 79.9. The van der Waals surface area contributed by atoms with Crippen LogP contribution >= 0.6 is 27.5 Å². The van der Waals surface area contributed by atoms with Crippen LogP contribution in [-0.4, -0.2) is 18.4 Å². The Kier molecular flexibility index (Phi) is 8.79. The SMILES string of the molecule is N#CCC(=O)NCc1ccc(NC(=O)CCCOc2ccc(Br)cc2Cl)cc1. The van der Waals surface area contributed by atoms with Crippen LogP contribution in [-0.2, 0) is 16.1 Å². The number of halogens is 2. The molecule has 0 aliphatic heterocycles. The van der Waals surface area contributed by atoms with Crippen molar-refractivity contribution in [1.29, 1.82) is 5.26 Å². The molecule has 2 amide bonds. The molecule has 0 aromatic heterocycles. The second kappa shape index (κ2) is 11.3. The quantitative estimate of drug-likeness (QED) is 0.537. The van der Waals surface area contributed by atoms with Crippen LogP contribution in [0.2, 0.25) is 5.02 Å². The number of hydrogen-bond acceptors (Lipinski definition) is 4. The second-order valence-corrected chi connectivity index (χ2v) is 7.21. The Morgan fingerprint density at radius 2 is 1.89 bits per heavy atom. The Balaban J connectivity index is 1.69. The lowest BCUT2D eigenvalue weighted by Gasteiger charge is -2.09. The normalized spacial score (nSPS) is 10.0. The van der Waals surface area contributed by atoms with Crippen LogP contribution in [0.5, 0.6) is 5.75 Å². The van der Waals surface area contributed by atoms with E-state index in [1.807, 2.05) is 6.07 Å². The number of nitrogens with one attached hydrogen (secondary N) is 2. The highest BCUT2D eigenvalue weighted by Crippen LogP contribution is 2.27. The first-order chi connectivity index (χ1) is 13.5. The minimum Gasteiger partial charge on any atom is -0.492 e. The summed E-state index contributed by atoms with van der Waals surface area (Å²) in [4.78, 5) is 23.3. The number of ether oxygens (including phenoxy) is 1. The van der Waals surface area contributed by atoms with Crippen molar-refractivity contribution in [2.75, 3.05) is 11.9 Å². The zero-order valence-electron chi connectivity index (χ0n) is 15.0. The van der Waals surface area contributed by atoms with E-state index in [0.717, 1.165) is 10.0 Å². The summed E-state index contributed by atoms with van der Waals surface area (Å²) >= 11 is 9.41. The maximum atomic E-state index is 12.0. The molecule has 0 aliphatic rings. The van der Waals surface area contributed by atoms with Gasteiger partial charge in [0.1, 0.15) is 12.2 Å². The number of carbonyl (C=O) groups excluding carboxylic acids is 2. The summed E-state index contributed by atoms with van der Waals surface area (Å²) in [6.45, 7) is 0.723. The molecule has 0 saturated carbocycles. The van der Waals surface area contributed by atoms with Crippen molar-refractivity contribution in [2.24, 2.45) is 0 Å². The molecule has 0 unspecified atom stereocenters. The van der Waals surface area contributed by atoms with Crippen molar-refractivity contribution in [2.45, 2.75) is 25.8 Å². The average molecular weight is 465 g/mol. The predicted octanol–water partition coefficient (Wildman–Crippen LogP) is 4.43. The second-order valence-electron chi connectivity index (χ2n) is 5.88. The van der Waals surface area contributed by atoms with Gasteiger partial charge in [-0.15, -0.1) is 0 Å². The maximum Gasteiger partial charge on any atom is 0.234 e. The van der Waals surface area contributed by atoms with Crippen LogP contribution in [0.3, 0.4) is 0 Å². The predicted molar refractivity (Wildman–Crippen MR) is 111 cm³/mol. The zero-order chi connectivity index (χ0) is 20.4. The molecule has 0 fully saturated rings. The van der Waals surface area contributed by atoms with Crippen molar-refractivity contribution in [3.05, 3.63) is 57.5 Å². The van der Waals surface area contributed by atoms with Gasteiger partial charge in [0, 0.05) is 23.1 Å². The van der Waals surface area contributed by atoms with Gasteiger partial charge in [-0.25, -0.2) is 0 Å². The van der Waals surface area contributed by atoms with Crippen LogP contribution in [0.25, 0.3) is 0 Å². The van der Waals surface area contributed by atoms with Gasteiger partial charge in [-0.05, 0) is 42.3 Å². The molecule has 6 nitrogen and oxygen atoms in total. The maximum absolute atomic E-state index is 12.0. The van der Waals surface area contributed by atoms with Gasteiger partial charge in [0.2, 0.25) is 11.8 Å². The van der Waals surface area contributed by atoms with Gasteiger partial charge in [0.25, 0.3) is 0 Å². The zero-order valence-corrected chi connectivity index (χ0v) is 17.3. The highest BCUT2D eigenvalue weighted by molar-refractivity contribution is 9.10. The minimum absolute atomic E-state index is 0.111. The molecule has 0 heterocycles. The van der Waals surface area contributed by atoms with Crippen LogP contribution < -0.4 is 15.4 Å². The molecule has 0 radical (unpaired) electrons. The number of hydrogen-bond donors (Lipinski definition) is 2. The Morgan fingerprint density at radius 3 is 2.57 bits per heavy atom. The van der Waals surface area contributed by atoms with Gasteiger partial charge in [0.05, 0.1) is 17.7 Å². The van der Waals surface area contributed by atoms with Crippen molar-refractivity contribution >= 4 is 45.0 Å². The Hall–Kier alpha value is -2.56. The highest BCUT2D eigenvalue weighted by Gasteiger charge is 2.06. The molecule has 2 rings (SSSR count). The first-order valence-electron chi connectivity index (χ1n) is 8.58. The van der Waals surface area contributed by atoms with E-state index < -0.39 is 0 Å². The number of rotatable bonds is 9. The van der Waals surface area contributed by atoms with Crippen LogP contribution in [0.1, 0.15) is 24.8 Å². The molecule has 28 heavy (non-hydrogen) atoms. The first kappa shape index (κ1) is 21.7. The smallest absolute Gasteiger partial charge is 0.234 e. The van der Waals surface area contributed by atoms with E-state index in [9.17, 15) is 9.59 Å². The number of amides is 2. The molecular formula is C20H19BrClN3O3. The summed E-state index contributed by atoms with van der Waals surface area (Å²) in [6.07, 6.45) is 0.716. The fourth-order valence-electron chi connectivity index (χ4n) is 2.27. The van der Waals surface area contributed by atoms with Gasteiger partial charge in [0.15, 0.2) is 0 Å². The Labute approximate surface area is 177 Å². The Morgan fingerprint density at radius 1 is 1.14 bits per heavy atom. The first-order valence-corrected chi connectivity index (χ1v) is 9.75. The summed E-state index contributed by atoms with van der Waals surface area (Å²) in [7, 11) is 0. The number of benzene rings is 2. The van der Waals surface area contributed by atoms with Crippen LogP contribution in [0.15, 0.2) is 46.9 Å². The summed E-state index contributed by atoms with van der Waals surface area (Å²) in [5.41, 5.74) is 1.55. The summed E-state index contributed by atoms with van der Waals surface area (Å²) in [5, 5.41) is 14.4. The summed E-state index contributed by atoms with van der Waals surface area (Å²) in [6, 6.07) is 14.3. The van der Waals surface area contributed by atoms with E-state index in [0.29, 0.717) is 42.5 Å². The monoisotopic (exact) mass is 463 g/mol. The lowest BCUT2D eigenvalue weighted by atomic mass is 10.2. The number of nitrogens with zero attached hydrogens (tertiary/aromatic N) is 1. The number of carbonyl (C=O) groups is 2. The lowest BCUT2D eigenvalue weighted by Crippen LogP contribution is -2.21. The Bertz CT molecular complexity index is 866. The van der Waals surface area contributed by atoms with Crippen LogP contribution in [0, 0.1) is 11.3 Å². The summed E-state index contributed by atoms with van der Waals surface area (Å²) in [5.74, 6) is 0.162. The fraction of sp³-hybridized carbons (Fsp3) is 0.250. The third-order valence-corrected chi connectivity index (χ3v) is 4.46. The van der Waals surface area contributed by atoms with Crippen molar-refractivity contribution in [3.63, 3.8) is 0 Å². The minimum atomic E-state index is -0.313. The van der Waals surface area contributed by atoms with E-state index >= 15 is 0 Å². The van der Waals surface area contributed by atoms with Crippen molar-refractivity contribution in [3.8, 4) is 11.8 Å². The number of anilines is 1. The molecule has 0 spiro atoms. The molecule has 0 atom stereocenters. The largest absolute Gasteiger partial charge is 0.492 e. The van der Waals surface area contributed by atoms with Gasteiger partial charge in [-0.1, -0.05) is 39.7 Å². The van der Waals surface area contributed by atoms with E-state index in [-0.39, 0.29) is 18.2 Å². The molecule has 2 aromatic rings. The van der Waals surface area contributed by atoms with Gasteiger partial charge >= 0.3 is 0 Å². The third-order valence-electron chi connectivity index (χ3n) is 3.67. The van der Waals surface area contributed by atoms with E-state index in [1.165, 1.54) is 0 Å². The fourth-order valence-corrected chi connectivity index (χ4v) is 3.00. The topological polar surface area (TPSA) is 91.2 Å². The van der Waals surface area contributed by atoms with Crippen LogP contribution in [0.4, 0.5) is 5.69 Å². The molecular weight excluding hydrogens is 446 g/mol. The molecule has 0 aliphatic carbocycles. The van der Waals surface area contributed by atoms with Gasteiger partial charge < -0.3 is 15.4 Å². The van der Waals surface area contributed by atoms with Crippen molar-refractivity contribution in [1.82, 2.24) is 5.32 Å². The van der Waals surface area contributed by atoms with Gasteiger partial charge in [-0.3, -0.25) is 9.59 Å². The van der Waals surface area contributed by atoms with Gasteiger partial charge in [-0.2, -0.15) is 5.26 Å². The summed E-state index contributed by atoms with van der Waals surface area (Å²) < 4.78 is 6.46. The molecule has 2 aromatic carbocycles. The lowest BCUT2D eigenvalue weighted by molar-refractivity contribution is -0.120. The van der Waals surface area contributed by atoms with E-state index in [1.54, 1.807) is 42.5 Å².